The van der Waals surface area contributed by atoms with Gasteiger partial charge in [0.15, 0.2) is 11.5 Å². The molecule has 6 nitrogen and oxygen atoms in total. The smallest absolute Gasteiger partial charge is 0.234 e. The molecule has 1 atom stereocenters. The first-order chi connectivity index (χ1) is 12.5. The van der Waals surface area contributed by atoms with E-state index in [0.717, 1.165) is 50.6 Å². The van der Waals surface area contributed by atoms with Crippen LogP contribution < -0.4 is 14.8 Å². The molecule has 0 bridgehead atoms. The molecule has 146 valence electrons. The average Bonchev–Trinajstić information content (AvgIpc) is 2.64. The lowest BCUT2D eigenvalue weighted by Gasteiger charge is -2.34. The van der Waals surface area contributed by atoms with Crippen molar-refractivity contribution in [1.82, 2.24) is 15.1 Å². The second kappa shape index (κ2) is 9.78. The first-order valence-corrected chi connectivity index (χ1v) is 9.42. The number of carbonyl (C=O) groups excluding carboxylic acids is 1. The number of benzene rings is 1. The van der Waals surface area contributed by atoms with Crippen molar-refractivity contribution in [2.45, 2.75) is 39.8 Å². The average molecular weight is 364 g/mol. The summed E-state index contributed by atoms with van der Waals surface area (Å²) in [7, 11) is 3.33. The van der Waals surface area contributed by atoms with Gasteiger partial charge in [0, 0.05) is 38.8 Å². The van der Waals surface area contributed by atoms with Crippen molar-refractivity contribution in [2.24, 2.45) is 0 Å². The van der Waals surface area contributed by atoms with Gasteiger partial charge in [-0.15, -0.1) is 0 Å². The molecule has 1 aliphatic heterocycles. The topological polar surface area (TPSA) is 54.0 Å². The zero-order valence-corrected chi connectivity index (χ0v) is 16.8. The highest BCUT2D eigenvalue weighted by molar-refractivity contribution is 5.78. The molecule has 1 aliphatic rings. The summed E-state index contributed by atoms with van der Waals surface area (Å²) in [4.78, 5) is 16.7. The Bertz CT molecular complexity index is 598. The molecule has 0 unspecified atom stereocenters. The fourth-order valence-corrected chi connectivity index (χ4v) is 3.17. The molecule has 1 fully saturated rings. The lowest BCUT2D eigenvalue weighted by molar-refractivity contribution is -0.123. The van der Waals surface area contributed by atoms with E-state index in [9.17, 15) is 4.79 Å². The Morgan fingerprint density at radius 2 is 1.69 bits per heavy atom. The van der Waals surface area contributed by atoms with Crippen molar-refractivity contribution in [3.05, 3.63) is 23.3 Å². The Hall–Kier alpha value is -1.79. The van der Waals surface area contributed by atoms with Crippen molar-refractivity contribution in [3.8, 4) is 11.5 Å². The summed E-state index contributed by atoms with van der Waals surface area (Å²) in [5.74, 6) is 1.67. The molecule has 0 aromatic heterocycles. The highest BCUT2D eigenvalue weighted by atomic mass is 16.5. The molecule has 6 heteroatoms. The molecule has 1 aromatic rings. The summed E-state index contributed by atoms with van der Waals surface area (Å²) in [6.45, 7) is 11.4. The number of carbonyl (C=O) groups is 1. The normalized spacial score (nSPS) is 17.0. The lowest BCUT2D eigenvalue weighted by atomic mass is 10.1. The van der Waals surface area contributed by atoms with E-state index in [-0.39, 0.29) is 11.9 Å². The molecule has 26 heavy (non-hydrogen) atoms. The molecule has 1 N–H and O–H groups in total. The zero-order chi connectivity index (χ0) is 19.1. The number of nitrogens with one attached hydrogen (secondary N) is 1. The number of ether oxygens (including phenoxy) is 2. The Labute approximate surface area is 157 Å². The molecule has 0 spiro atoms. The fraction of sp³-hybridized carbons (Fsp3) is 0.650. The van der Waals surface area contributed by atoms with Crippen molar-refractivity contribution < 1.29 is 14.3 Å². The second-order valence-electron chi connectivity index (χ2n) is 7.06. The molecular formula is C20H33N3O3. The summed E-state index contributed by atoms with van der Waals surface area (Å²) in [6, 6.07) is 4.35. The minimum absolute atomic E-state index is 0.128. The maximum Gasteiger partial charge on any atom is 0.234 e. The van der Waals surface area contributed by atoms with Crippen LogP contribution in [0.3, 0.4) is 0 Å². The van der Waals surface area contributed by atoms with E-state index in [4.69, 9.17) is 9.47 Å². The lowest BCUT2D eigenvalue weighted by Crippen LogP contribution is -2.49. The van der Waals surface area contributed by atoms with E-state index in [2.05, 4.69) is 35.0 Å². The monoisotopic (exact) mass is 363 g/mol. The Kier molecular flexibility index (Phi) is 7.72. The van der Waals surface area contributed by atoms with Gasteiger partial charge < -0.3 is 14.8 Å². The largest absolute Gasteiger partial charge is 0.493 e. The van der Waals surface area contributed by atoms with Crippen LogP contribution >= 0.6 is 0 Å². The van der Waals surface area contributed by atoms with Gasteiger partial charge in [0.2, 0.25) is 5.91 Å². The van der Waals surface area contributed by atoms with Gasteiger partial charge in [-0.1, -0.05) is 6.92 Å². The van der Waals surface area contributed by atoms with Gasteiger partial charge >= 0.3 is 0 Å². The molecule has 0 aliphatic carbocycles. The number of hydrogen-bond donors (Lipinski definition) is 1. The molecule has 0 saturated carbocycles. The third-order valence-corrected chi connectivity index (χ3v) is 5.09. The summed E-state index contributed by atoms with van der Waals surface area (Å²) < 4.78 is 10.8. The number of hydrogen-bond acceptors (Lipinski definition) is 5. The third-order valence-electron chi connectivity index (χ3n) is 5.09. The van der Waals surface area contributed by atoms with Gasteiger partial charge in [-0.05, 0) is 43.5 Å². The van der Waals surface area contributed by atoms with Crippen molar-refractivity contribution in [1.29, 1.82) is 0 Å². The van der Waals surface area contributed by atoms with E-state index in [0.29, 0.717) is 6.54 Å². The first-order valence-electron chi connectivity index (χ1n) is 9.42. The van der Waals surface area contributed by atoms with Crippen LogP contribution in [-0.4, -0.2) is 68.7 Å². The molecular weight excluding hydrogens is 330 g/mol. The van der Waals surface area contributed by atoms with Crippen molar-refractivity contribution in [3.63, 3.8) is 0 Å². The van der Waals surface area contributed by atoms with Gasteiger partial charge in [-0.25, -0.2) is 0 Å². The summed E-state index contributed by atoms with van der Waals surface area (Å²) in [6.07, 6.45) is 0.962. The number of nitrogens with zero attached hydrogens (tertiary/aromatic N) is 2. The molecule has 1 heterocycles. The predicted octanol–water partition coefficient (Wildman–Crippen LogP) is 2.04. The van der Waals surface area contributed by atoms with Crippen LogP contribution in [0.4, 0.5) is 0 Å². The van der Waals surface area contributed by atoms with E-state index < -0.39 is 0 Å². The summed E-state index contributed by atoms with van der Waals surface area (Å²) in [5, 5.41) is 3.04. The maximum atomic E-state index is 12.0. The number of methoxy groups -OCH3 is 2. The van der Waals surface area contributed by atoms with Gasteiger partial charge in [0.25, 0.3) is 0 Å². The molecule has 0 radical (unpaired) electrons. The number of aryl methyl sites for hydroxylation is 1. The highest BCUT2D eigenvalue weighted by Gasteiger charge is 2.20. The Morgan fingerprint density at radius 3 is 2.27 bits per heavy atom. The van der Waals surface area contributed by atoms with Crippen LogP contribution in [0.1, 0.15) is 31.4 Å². The van der Waals surface area contributed by atoms with Crippen LogP contribution in [-0.2, 0) is 11.3 Å². The van der Waals surface area contributed by atoms with E-state index in [1.807, 2.05) is 13.0 Å². The van der Waals surface area contributed by atoms with Gasteiger partial charge in [-0.2, -0.15) is 0 Å². The highest BCUT2D eigenvalue weighted by Crippen LogP contribution is 2.30. The SMILES string of the molecule is CC[C@H](C)NC(=O)CN1CCN(Cc2cc(OC)c(OC)cc2C)CC1. The molecule has 1 saturated heterocycles. The predicted molar refractivity (Wildman–Crippen MR) is 104 cm³/mol. The molecule has 1 amide bonds. The number of piperazine rings is 1. The minimum atomic E-state index is 0.128. The van der Waals surface area contributed by atoms with Crippen molar-refractivity contribution in [2.75, 3.05) is 46.9 Å². The maximum absolute atomic E-state index is 12.0. The van der Waals surface area contributed by atoms with Crippen molar-refractivity contribution >= 4 is 5.91 Å². The van der Waals surface area contributed by atoms with E-state index in [1.54, 1.807) is 14.2 Å². The zero-order valence-electron chi connectivity index (χ0n) is 16.8. The quantitative estimate of drug-likeness (QED) is 0.766. The van der Waals surface area contributed by atoms with Crippen LogP contribution in [0.2, 0.25) is 0 Å². The first kappa shape index (κ1) is 20.5. The van der Waals surface area contributed by atoms with E-state index >= 15 is 0 Å². The number of rotatable bonds is 8. The second-order valence-corrected chi connectivity index (χ2v) is 7.06. The van der Waals surface area contributed by atoms with Crippen LogP contribution in [0.5, 0.6) is 11.5 Å². The number of amides is 1. The van der Waals surface area contributed by atoms with Gasteiger partial charge in [0.05, 0.1) is 20.8 Å². The summed E-state index contributed by atoms with van der Waals surface area (Å²) >= 11 is 0. The third kappa shape index (κ3) is 5.61. The standard InChI is InChI=1S/C20H33N3O3/c1-6-16(3)21-20(24)14-23-9-7-22(8-10-23)13-17-12-19(26-5)18(25-4)11-15(17)2/h11-12,16H,6-10,13-14H2,1-5H3,(H,21,24)/t16-/m0/s1. The molecule has 2 rings (SSSR count). The summed E-state index contributed by atoms with van der Waals surface area (Å²) in [5.41, 5.74) is 2.46. The van der Waals surface area contributed by atoms with E-state index in [1.165, 1.54) is 11.1 Å². The van der Waals surface area contributed by atoms with Crippen LogP contribution in [0, 0.1) is 6.92 Å². The fourth-order valence-electron chi connectivity index (χ4n) is 3.17. The Morgan fingerprint density at radius 1 is 1.12 bits per heavy atom. The van der Waals surface area contributed by atoms with Crippen LogP contribution in [0.25, 0.3) is 0 Å². The molecule has 1 aromatic carbocycles. The Balaban J connectivity index is 1.86. The van der Waals surface area contributed by atoms with Gasteiger partial charge in [0.1, 0.15) is 0 Å². The van der Waals surface area contributed by atoms with Gasteiger partial charge in [-0.3, -0.25) is 14.6 Å². The minimum Gasteiger partial charge on any atom is -0.493 e. The van der Waals surface area contributed by atoms with Crippen LogP contribution in [0.15, 0.2) is 12.1 Å².